The molecule has 1 saturated heterocycles. The van der Waals surface area contributed by atoms with E-state index in [9.17, 15) is 0 Å². The summed E-state index contributed by atoms with van der Waals surface area (Å²) in [7, 11) is 1.74. The fourth-order valence-corrected chi connectivity index (χ4v) is 3.06. The number of thioether (sulfide) groups is 1. The van der Waals surface area contributed by atoms with Gasteiger partial charge in [0.15, 0.2) is 5.96 Å². The minimum atomic E-state index is -0.208. The molecule has 1 fully saturated rings. The van der Waals surface area contributed by atoms with Gasteiger partial charge in [-0.1, -0.05) is 0 Å². The second-order valence-corrected chi connectivity index (χ2v) is 7.97. The third-order valence-corrected chi connectivity index (χ3v) is 4.52. The van der Waals surface area contributed by atoms with Crippen LogP contribution in [0.4, 0.5) is 0 Å². The Morgan fingerprint density at radius 3 is 2.60 bits per heavy atom. The zero-order valence-corrected chi connectivity index (χ0v) is 16.8. The molecule has 0 unspecified atom stereocenters. The largest absolute Gasteiger partial charge is 0.377 e. The fourth-order valence-electron chi connectivity index (χ4n) is 1.95. The molecule has 0 aromatic heterocycles. The van der Waals surface area contributed by atoms with E-state index < -0.39 is 0 Å². The highest BCUT2D eigenvalue weighted by Crippen LogP contribution is 2.29. The molecule has 1 heterocycles. The van der Waals surface area contributed by atoms with E-state index in [1.54, 1.807) is 7.11 Å². The van der Waals surface area contributed by atoms with Crippen LogP contribution in [0.25, 0.3) is 0 Å². The number of aliphatic imine (C=N–C) groups is 1. The Morgan fingerprint density at radius 1 is 1.45 bits per heavy atom. The highest BCUT2D eigenvalue weighted by molar-refractivity contribution is 14.0. The molecule has 1 N–H and O–H groups in total. The van der Waals surface area contributed by atoms with E-state index in [0.29, 0.717) is 11.3 Å². The van der Waals surface area contributed by atoms with Crippen LogP contribution >= 0.6 is 35.7 Å². The molecule has 0 amide bonds. The van der Waals surface area contributed by atoms with E-state index >= 15 is 0 Å². The molecule has 120 valence electrons. The van der Waals surface area contributed by atoms with E-state index in [2.05, 4.69) is 44.8 Å². The summed E-state index contributed by atoms with van der Waals surface area (Å²) in [5.41, 5.74) is -0.208. The molecule has 0 radical (unpaired) electrons. The zero-order chi connectivity index (χ0) is 14.5. The minimum absolute atomic E-state index is 0. The first kappa shape index (κ1) is 20.3. The van der Waals surface area contributed by atoms with Crippen molar-refractivity contribution in [3.63, 3.8) is 0 Å². The summed E-state index contributed by atoms with van der Waals surface area (Å²) in [6, 6.07) is 0. The lowest BCUT2D eigenvalue weighted by Crippen LogP contribution is -2.51. The maximum Gasteiger partial charge on any atom is 0.194 e. The van der Waals surface area contributed by atoms with Crippen LogP contribution in [0, 0.1) is 0 Å². The molecule has 0 atom stereocenters. The SMILES string of the molecule is CCNC(=NCC(C)(C)OC)N1CCSC(C)(C)C1.I. The van der Waals surface area contributed by atoms with Crippen molar-refractivity contribution < 1.29 is 4.74 Å². The van der Waals surface area contributed by atoms with Crippen LogP contribution < -0.4 is 5.32 Å². The molecule has 0 bridgehead atoms. The molecule has 20 heavy (non-hydrogen) atoms. The molecular formula is C14H30IN3OS. The molecule has 0 aliphatic carbocycles. The van der Waals surface area contributed by atoms with Crippen LogP contribution in [-0.4, -0.2) is 60.2 Å². The average Bonchev–Trinajstić information content (AvgIpc) is 2.33. The first-order chi connectivity index (χ1) is 8.79. The van der Waals surface area contributed by atoms with Crippen LogP contribution in [0.15, 0.2) is 4.99 Å². The number of guanidine groups is 1. The van der Waals surface area contributed by atoms with Gasteiger partial charge in [0.1, 0.15) is 0 Å². The Bertz CT molecular complexity index is 322. The lowest BCUT2D eigenvalue weighted by Gasteiger charge is -2.39. The van der Waals surface area contributed by atoms with Gasteiger partial charge in [0, 0.05) is 37.2 Å². The Morgan fingerprint density at radius 2 is 2.10 bits per heavy atom. The Hall–Kier alpha value is 0.310. The molecule has 4 nitrogen and oxygen atoms in total. The van der Waals surface area contributed by atoms with Crippen molar-refractivity contribution in [3.8, 4) is 0 Å². The van der Waals surface area contributed by atoms with Gasteiger partial charge in [-0.15, -0.1) is 24.0 Å². The summed E-state index contributed by atoms with van der Waals surface area (Å²) in [5.74, 6) is 2.17. The van der Waals surface area contributed by atoms with E-state index in [4.69, 9.17) is 9.73 Å². The molecule has 0 spiro atoms. The van der Waals surface area contributed by atoms with Gasteiger partial charge in [-0.3, -0.25) is 4.99 Å². The normalized spacial score (nSPS) is 19.5. The lowest BCUT2D eigenvalue weighted by molar-refractivity contribution is 0.0309. The van der Waals surface area contributed by atoms with Crippen LogP contribution in [-0.2, 0) is 4.74 Å². The second-order valence-electron chi connectivity index (χ2n) is 6.16. The Balaban J connectivity index is 0.00000361. The quantitative estimate of drug-likeness (QED) is 0.435. The fraction of sp³-hybridized carbons (Fsp3) is 0.929. The number of ether oxygens (including phenoxy) is 1. The molecule has 0 aromatic rings. The van der Waals surface area contributed by atoms with Crippen molar-refractivity contribution >= 4 is 41.7 Å². The highest BCUT2D eigenvalue weighted by atomic mass is 127. The van der Waals surface area contributed by atoms with Crippen molar-refractivity contribution in [2.24, 2.45) is 4.99 Å². The zero-order valence-electron chi connectivity index (χ0n) is 13.7. The monoisotopic (exact) mass is 415 g/mol. The van der Waals surface area contributed by atoms with Gasteiger partial charge < -0.3 is 15.0 Å². The van der Waals surface area contributed by atoms with Gasteiger partial charge in [-0.05, 0) is 34.6 Å². The average molecular weight is 415 g/mol. The smallest absolute Gasteiger partial charge is 0.194 e. The Kier molecular flexibility index (Phi) is 8.81. The molecule has 1 rings (SSSR count). The predicted molar refractivity (Wildman–Crippen MR) is 101 cm³/mol. The topological polar surface area (TPSA) is 36.9 Å². The number of hydrogen-bond acceptors (Lipinski definition) is 3. The van der Waals surface area contributed by atoms with Gasteiger partial charge in [-0.2, -0.15) is 11.8 Å². The number of halogens is 1. The van der Waals surface area contributed by atoms with Gasteiger partial charge in [0.05, 0.1) is 12.1 Å². The third kappa shape index (κ3) is 6.85. The third-order valence-electron chi connectivity index (χ3n) is 3.22. The Labute approximate surface area is 145 Å². The maximum atomic E-state index is 5.44. The van der Waals surface area contributed by atoms with E-state index in [1.807, 2.05) is 11.8 Å². The highest BCUT2D eigenvalue weighted by Gasteiger charge is 2.29. The van der Waals surface area contributed by atoms with Gasteiger partial charge in [0.2, 0.25) is 0 Å². The number of hydrogen-bond donors (Lipinski definition) is 1. The second kappa shape index (κ2) is 8.68. The van der Waals surface area contributed by atoms with Crippen LogP contribution in [0.3, 0.4) is 0 Å². The van der Waals surface area contributed by atoms with Crippen molar-refractivity contribution in [1.82, 2.24) is 10.2 Å². The van der Waals surface area contributed by atoms with Gasteiger partial charge in [-0.25, -0.2) is 0 Å². The number of nitrogens with zero attached hydrogens (tertiary/aromatic N) is 2. The van der Waals surface area contributed by atoms with Crippen LogP contribution in [0.2, 0.25) is 0 Å². The molecule has 1 aliphatic heterocycles. The first-order valence-electron chi connectivity index (χ1n) is 7.02. The minimum Gasteiger partial charge on any atom is -0.377 e. The van der Waals surface area contributed by atoms with Gasteiger partial charge in [0.25, 0.3) is 0 Å². The standard InChI is InChI=1S/C14H29N3OS.HI/c1-7-15-12(16-10-13(2,3)18-6)17-8-9-19-14(4,5)11-17;/h7-11H2,1-6H3,(H,15,16);1H. The maximum absolute atomic E-state index is 5.44. The molecule has 1 aliphatic rings. The summed E-state index contributed by atoms with van der Waals surface area (Å²) >= 11 is 2.04. The molecule has 6 heteroatoms. The summed E-state index contributed by atoms with van der Waals surface area (Å²) in [5, 5.41) is 3.40. The molecular weight excluding hydrogens is 385 g/mol. The number of methoxy groups -OCH3 is 1. The van der Waals surface area contributed by atoms with E-state index in [0.717, 1.165) is 31.3 Å². The van der Waals surface area contributed by atoms with Crippen molar-refractivity contribution in [1.29, 1.82) is 0 Å². The van der Waals surface area contributed by atoms with Crippen LogP contribution in [0.5, 0.6) is 0 Å². The van der Waals surface area contributed by atoms with Gasteiger partial charge >= 0.3 is 0 Å². The summed E-state index contributed by atoms with van der Waals surface area (Å²) in [4.78, 5) is 7.11. The van der Waals surface area contributed by atoms with Crippen molar-refractivity contribution in [2.75, 3.05) is 39.0 Å². The van der Waals surface area contributed by atoms with Crippen LogP contribution in [0.1, 0.15) is 34.6 Å². The number of rotatable bonds is 4. The molecule has 0 saturated carbocycles. The van der Waals surface area contributed by atoms with Crippen molar-refractivity contribution in [3.05, 3.63) is 0 Å². The number of nitrogens with one attached hydrogen (secondary N) is 1. The van der Waals surface area contributed by atoms with E-state index in [-0.39, 0.29) is 29.6 Å². The van der Waals surface area contributed by atoms with E-state index in [1.165, 1.54) is 0 Å². The first-order valence-corrected chi connectivity index (χ1v) is 8.00. The summed E-state index contributed by atoms with van der Waals surface area (Å²) in [6.45, 7) is 14.5. The predicted octanol–water partition coefficient (Wildman–Crippen LogP) is 2.82. The lowest BCUT2D eigenvalue weighted by atomic mass is 10.1. The summed E-state index contributed by atoms with van der Waals surface area (Å²) in [6.07, 6.45) is 0. The van der Waals surface area contributed by atoms with Crippen molar-refractivity contribution in [2.45, 2.75) is 45.0 Å². The summed E-state index contributed by atoms with van der Waals surface area (Å²) < 4.78 is 5.73. The molecule has 0 aromatic carbocycles.